The second-order valence-corrected chi connectivity index (χ2v) is 5.13. The van der Waals surface area contributed by atoms with Gasteiger partial charge in [-0.05, 0) is 25.0 Å². The molecule has 1 aliphatic rings. The number of nitrogens with one attached hydrogen (secondary N) is 1. The molecule has 0 aliphatic carbocycles. The van der Waals surface area contributed by atoms with E-state index in [-0.39, 0.29) is 11.6 Å². The van der Waals surface area contributed by atoms with E-state index in [0.717, 1.165) is 18.3 Å². The molecule has 0 aromatic carbocycles. The number of carbonyl (C=O) groups is 2. The fourth-order valence-corrected chi connectivity index (χ4v) is 2.30. The van der Waals surface area contributed by atoms with Gasteiger partial charge in [0.2, 0.25) is 0 Å². The van der Waals surface area contributed by atoms with Gasteiger partial charge in [0.05, 0.1) is 12.7 Å². The van der Waals surface area contributed by atoms with Crippen LogP contribution in [0.25, 0.3) is 0 Å². The molecule has 9 heteroatoms. The lowest BCUT2D eigenvalue weighted by Gasteiger charge is -2.31. The highest BCUT2D eigenvalue weighted by Gasteiger charge is 2.32. The fourth-order valence-electron chi connectivity index (χ4n) is 2.30. The number of pyridine rings is 1. The molecule has 1 aromatic heterocycles. The van der Waals surface area contributed by atoms with Gasteiger partial charge < -0.3 is 15.0 Å². The zero-order valence-corrected chi connectivity index (χ0v) is 12.4. The average molecular weight is 331 g/mol. The van der Waals surface area contributed by atoms with Gasteiger partial charge in [-0.15, -0.1) is 0 Å². The van der Waals surface area contributed by atoms with Crippen LogP contribution in [0, 0.1) is 0 Å². The highest BCUT2D eigenvalue weighted by molar-refractivity contribution is 5.94. The molecule has 2 rings (SSSR count). The maximum Gasteiger partial charge on any atom is 0.433 e. The molecular formula is C14H16F3N3O3. The minimum atomic E-state index is -4.53. The molecule has 0 bridgehead atoms. The van der Waals surface area contributed by atoms with Crippen molar-refractivity contribution in [1.29, 1.82) is 0 Å². The molecule has 0 spiro atoms. The minimum Gasteiger partial charge on any atom is -0.453 e. The monoisotopic (exact) mass is 331 g/mol. The van der Waals surface area contributed by atoms with Gasteiger partial charge in [0.1, 0.15) is 5.69 Å². The Balaban J connectivity index is 1.89. The smallest absolute Gasteiger partial charge is 0.433 e. The topological polar surface area (TPSA) is 71.5 Å². The van der Waals surface area contributed by atoms with Crippen molar-refractivity contribution in [3.8, 4) is 0 Å². The van der Waals surface area contributed by atoms with Crippen molar-refractivity contribution < 1.29 is 27.5 Å². The molecule has 2 amide bonds. The molecule has 1 aliphatic heterocycles. The van der Waals surface area contributed by atoms with E-state index in [2.05, 4.69) is 15.0 Å². The predicted molar refractivity (Wildman–Crippen MR) is 73.7 cm³/mol. The van der Waals surface area contributed by atoms with Gasteiger partial charge in [0.25, 0.3) is 5.91 Å². The SMILES string of the molecule is COC(=O)N1CCC(NC(=O)c2ccc(C(F)(F)F)nc2)CC1. The molecule has 6 nitrogen and oxygen atoms in total. The summed E-state index contributed by atoms with van der Waals surface area (Å²) in [5.74, 6) is -0.484. The number of carbonyl (C=O) groups excluding carboxylic acids is 2. The van der Waals surface area contributed by atoms with E-state index in [1.54, 1.807) is 0 Å². The number of halogens is 3. The fraction of sp³-hybridized carbons (Fsp3) is 0.500. The summed E-state index contributed by atoms with van der Waals surface area (Å²) in [5, 5.41) is 2.73. The van der Waals surface area contributed by atoms with E-state index in [9.17, 15) is 22.8 Å². The van der Waals surface area contributed by atoms with Crippen LogP contribution in [-0.2, 0) is 10.9 Å². The molecule has 1 aromatic rings. The number of rotatable bonds is 2. The summed E-state index contributed by atoms with van der Waals surface area (Å²) in [6, 6.07) is 1.72. The summed E-state index contributed by atoms with van der Waals surface area (Å²) < 4.78 is 41.9. The summed E-state index contributed by atoms with van der Waals surface area (Å²) in [4.78, 5) is 28.1. The summed E-state index contributed by atoms with van der Waals surface area (Å²) in [6.45, 7) is 0.895. The van der Waals surface area contributed by atoms with Crippen molar-refractivity contribution in [3.05, 3.63) is 29.6 Å². The van der Waals surface area contributed by atoms with Gasteiger partial charge in [-0.2, -0.15) is 13.2 Å². The second kappa shape index (κ2) is 6.84. The molecule has 23 heavy (non-hydrogen) atoms. The largest absolute Gasteiger partial charge is 0.453 e. The second-order valence-electron chi connectivity index (χ2n) is 5.13. The first-order chi connectivity index (χ1) is 10.8. The van der Waals surface area contributed by atoms with Gasteiger partial charge in [-0.1, -0.05) is 0 Å². The third-order valence-electron chi connectivity index (χ3n) is 3.58. The van der Waals surface area contributed by atoms with Gasteiger partial charge in [0.15, 0.2) is 0 Å². The molecule has 0 atom stereocenters. The Morgan fingerprint density at radius 3 is 2.43 bits per heavy atom. The van der Waals surface area contributed by atoms with Crippen molar-refractivity contribution in [2.45, 2.75) is 25.1 Å². The molecule has 1 fully saturated rings. The van der Waals surface area contributed by atoms with Crippen LogP contribution < -0.4 is 5.32 Å². The summed E-state index contributed by atoms with van der Waals surface area (Å²) in [7, 11) is 1.30. The first kappa shape index (κ1) is 17.0. The number of hydrogen-bond donors (Lipinski definition) is 1. The standard InChI is InChI=1S/C14H16F3N3O3/c1-23-13(22)20-6-4-10(5-7-20)19-12(21)9-2-3-11(18-8-9)14(15,16)17/h2-3,8,10H,4-7H2,1H3,(H,19,21). The lowest BCUT2D eigenvalue weighted by molar-refractivity contribution is -0.141. The molecule has 0 unspecified atom stereocenters. The molecule has 2 heterocycles. The van der Waals surface area contributed by atoms with Crippen LogP contribution in [0.2, 0.25) is 0 Å². The maximum atomic E-state index is 12.4. The molecule has 1 saturated heterocycles. The van der Waals surface area contributed by atoms with E-state index >= 15 is 0 Å². The number of ether oxygens (including phenoxy) is 1. The van der Waals surface area contributed by atoms with Crippen LogP contribution >= 0.6 is 0 Å². The highest BCUT2D eigenvalue weighted by Crippen LogP contribution is 2.27. The molecular weight excluding hydrogens is 315 g/mol. The molecule has 0 radical (unpaired) electrons. The van der Waals surface area contributed by atoms with Crippen molar-refractivity contribution in [2.75, 3.05) is 20.2 Å². The number of methoxy groups -OCH3 is 1. The lowest BCUT2D eigenvalue weighted by atomic mass is 10.0. The number of nitrogens with zero attached hydrogens (tertiary/aromatic N) is 2. The molecule has 1 N–H and O–H groups in total. The highest BCUT2D eigenvalue weighted by atomic mass is 19.4. The Hall–Kier alpha value is -2.32. The number of hydrogen-bond acceptors (Lipinski definition) is 4. The van der Waals surface area contributed by atoms with Crippen LogP contribution in [0.5, 0.6) is 0 Å². The number of likely N-dealkylation sites (tertiary alicyclic amines) is 1. The van der Waals surface area contributed by atoms with Gasteiger partial charge in [-0.25, -0.2) is 4.79 Å². The summed E-state index contributed by atoms with van der Waals surface area (Å²) >= 11 is 0. The Bertz CT molecular complexity index is 567. The third-order valence-corrected chi connectivity index (χ3v) is 3.58. The van der Waals surface area contributed by atoms with Gasteiger partial charge in [-0.3, -0.25) is 9.78 Å². The van der Waals surface area contributed by atoms with Crippen molar-refractivity contribution in [3.63, 3.8) is 0 Å². The molecule has 126 valence electrons. The third kappa shape index (κ3) is 4.33. The van der Waals surface area contributed by atoms with Crippen LogP contribution in [0.4, 0.5) is 18.0 Å². The Morgan fingerprint density at radius 1 is 1.30 bits per heavy atom. The first-order valence-electron chi connectivity index (χ1n) is 6.98. The Morgan fingerprint density at radius 2 is 1.96 bits per heavy atom. The average Bonchev–Trinajstić information content (AvgIpc) is 2.54. The molecule has 0 saturated carbocycles. The number of aromatic nitrogens is 1. The van der Waals surface area contributed by atoms with Gasteiger partial charge >= 0.3 is 12.3 Å². The number of amides is 2. The van der Waals surface area contributed by atoms with Gasteiger partial charge in [0, 0.05) is 25.3 Å². The Kier molecular flexibility index (Phi) is 5.07. The maximum absolute atomic E-state index is 12.4. The van der Waals surface area contributed by atoms with Crippen LogP contribution in [-0.4, -0.2) is 48.1 Å². The Labute approximate surface area is 130 Å². The number of alkyl halides is 3. The first-order valence-corrected chi connectivity index (χ1v) is 6.98. The predicted octanol–water partition coefficient (Wildman–Crippen LogP) is 2.06. The van der Waals surface area contributed by atoms with Crippen molar-refractivity contribution in [1.82, 2.24) is 15.2 Å². The van der Waals surface area contributed by atoms with E-state index in [1.165, 1.54) is 12.0 Å². The van der Waals surface area contributed by atoms with E-state index in [1.807, 2.05) is 0 Å². The van der Waals surface area contributed by atoms with Crippen LogP contribution in [0.3, 0.4) is 0 Å². The normalized spacial score (nSPS) is 16.1. The summed E-state index contributed by atoms with van der Waals surface area (Å²) in [6.07, 6.45) is -2.94. The van der Waals surface area contributed by atoms with Crippen molar-refractivity contribution >= 4 is 12.0 Å². The minimum absolute atomic E-state index is 0.0633. The number of piperidine rings is 1. The van der Waals surface area contributed by atoms with E-state index < -0.39 is 23.9 Å². The zero-order valence-electron chi connectivity index (χ0n) is 12.4. The van der Waals surface area contributed by atoms with Crippen LogP contribution in [0.15, 0.2) is 18.3 Å². The lowest BCUT2D eigenvalue weighted by Crippen LogP contribution is -2.46. The summed E-state index contributed by atoms with van der Waals surface area (Å²) in [5.41, 5.74) is -0.978. The van der Waals surface area contributed by atoms with E-state index in [4.69, 9.17) is 0 Å². The van der Waals surface area contributed by atoms with Crippen LogP contribution in [0.1, 0.15) is 28.9 Å². The zero-order chi connectivity index (χ0) is 17.0. The van der Waals surface area contributed by atoms with E-state index in [0.29, 0.717) is 25.9 Å². The van der Waals surface area contributed by atoms with Crippen molar-refractivity contribution in [2.24, 2.45) is 0 Å². The quantitative estimate of drug-likeness (QED) is 0.900.